The molecule has 1 aliphatic rings. The number of halogens is 3. The maximum atomic E-state index is 13.8. The van der Waals surface area contributed by atoms with Crippen LogP contribution >= 0.6 is 35.6 Å². The van der Waals surface area contributed by atoms with Crippen molar-refractivity contribution in [2.24, 2.45) is 0 Å². The Morgan fingerprint density at radius 1 is 1.21 bits per heavy atom. The Bertz CT molecular complexity index is 998. The highest BCUT2D eigenvalue weighted by Crippen LogP contribution is 2.33. The molecule has 1 saturated heterocycles. The van der Waals surface area contributed by atoms with E-state index in [2.05, 4.69) is 5.32 Å². The van der Waals surface area contributed by atoms with E-state index in [9.17, 15) is 18.4 Å². The first-order valence-electron chi connectivity index (χ1n) is 8.10. The van der Waals surface area contributed by atoms with Crippen LogP contribution in [-0.2, 0) is 9.59 Å². The number of carbonyl (C=O) groups excluding carboxylic acids is 2. The van der Waals surface area contributed by atoms with Gasteiger partial charge in [-0.3, -0.25) is 14.5 Å². The highest BCUT2D eigenvalue weighted by molar-refractivity contribution is 8.26. The average molecular weight is 439 g/mol. The van der Waals surface area contributed by atoms with Crippen LogP contribution in [0.2, 0.25) is 5.02 Å². The Labute approximate surface area is 174 Å². The maximum absolute atomic E-state index is 13.8. The molecule has 0 bridgehead atoms. The summed E-state index contributed by atoms with van der Waals surface area (Å²) in [7, 11) is 0. The van der Waals surface area contributed by atoms with E-state index in [4.69, 9.17) is 23.8 Å². The second-order valence-electron chi connectivity index (χ2n) is 5.78. The second-order valence-corrected chi connectivity index (χ2v) is 7.86. The maximum Gasteiger partial charge on any atom is 0.266 e. The van der Waals surface area contributed by atoms with E-state index in [1.807, 2.05) is 0 Å². The first kappa shape index (κ1) is 20.4. The van der Waals surface area contributed by atoms with Gasteiger partial charge < -0.3 is 5.32 Å². The number of thiocarbonyl (C=S) groups is 1. The van der Waals surface area contributed by atoms with Gasteiger partial charge in [0.15, 0.2) is 0 Å². The molecule has 1 N–H and O–H groups in total. The number of carbonyl (C=O) groups is 2. The summed E-state index contributed by atoms with van der Waals surface area (Å²) in [5.41, 5.74) is 0.634. The third-order valence-electron chi connectivity index (χ3n) is 3.83. The van der Waals surface area contributed by atoms with E-state index < -0.39 is 11.6 Å². The van der Waals surface area contributed by atoms with Crippen molar-refractivity contribution in [3.63, 3.8) is 0 Å². The Balaban J connectivity index is 1.62. The molecule has 4 nitrogen and oxygen atoms in total. The van der Waals surface area contributed by atoms with Gasteiger partial charge in [-0.15, -0.1) is 0 Å². The molecule has 0 unspecified atom stereocenters. The summed E-state index contributed by atoms with van der Waals surface area (Å²) in [5.74, 6) is -1.78. The highest BCUT2D eigenvalue weighted by atomic mass is 35.5. The third-order valence-corrected chi connectivity index (χ3v) is 5.50. The van der Waals surface area contributed by atoms with Crippen LogP contribution in [0.1, 0.15) is 12.0 Å². The molecule has 0 saturated carbocycles. The van der Waals surface area contributed by atoms with Crippen molar-refractivity contribution in [3.05, 3.63) is 69.6 Å². The number of nitrogens with zero attached hydrogens (tertiary/aromatic N) is 1. The van der Waals surface area contributed by atoms with Crippen LogP contribution in [0.25, 0.3) is 6.08 Å². The Morgan fingerprint density at radius 3 is 2.68 bits per heavy atom. The molecule has 1 aliphatic heterocycles. The fourth-order valence-corrected chi connectivity index (χ4v) is 3.92. The highest BCUT2D eigenvalue weighted by Gasteiger charge is 2.32. The lowest BCUT2D eigenvalue weighted by Crippen LogP contribution is -2.31. The number of anilines is 1. The third kappa shape index (κ3) is 4.76. The first-order chi connectivity index (χ1) is 13.3. The molecule has 1 heterocycles. The second kappa shape index (κ2) is 8.81. The van der Waals surface area contributed by atoms with Crippen LogP contribution in [0.5, 0.6) is 0 Å². The largest absolute Gasteiger partial charge is 0.326 e. The molecule has 0 aromatic heterocycles. The molecule has 0 radical (unpaired) electrons. The summed E-state index contributed by atoms with van der Waals surface area (Å²) >= 11 is 11.9. The number of amides is 2. The lowest BCUT2D eigenvalue weighted by atomic mass is 10.2. The zero-order valence-electron chi connectivity index (χ0n) is 14.2. The quantitative estimate of drug-likeness (QED) is 0.535. The van der Waals surface area contributed by atoms with Crippen molar-refractivity contribution in [2.75, 3.05) is 11.9 Å². The Kier molecular flexibility index (Phi) is 6.43. The van der Waals surface area contributed by atoms with Crippen LogP contribution in [0.4, 0.5) is 14.5 Å². The van der Waals surface area contributed by atoms with Gasteiger partial charge in [0.25, 0.3) is 5.91 Å². The number of hydrogen-bond donors (Lipinski definition) is 1. The average Bonchev–Trinajstić information content (AvgIpc) is 2.91. The van der Waals surface area contributed by atoms with Crippen molar-refractivity contribution in [1.29, 1.82) is 0 Å². The van der Waals surface area contributed by atoms with Crippen molar-refractivity contribution < 1.29 is 18.4 Å². The van der Waals surface area contributed by atoms with Crippen molar-refractivity contribution in [3.8, 4) is 0 Å². The first-order valence-corrected chi connectivity index (χ1v) is 9.70. The van der Waals surface area contributed by atoms with E-state index >= 15 is 0 Å². The number of hydrogen-bond acceptors (Lipinski definition) is 4. The minimum atomic E-state index is -0.584. The van der Waals surface area contributed by atoms with E-state index in [0.717, 1.165) is 17.8 Å². The number of benzene rings is 2. The smallest absolute Gasteiger partial charge is 0.266 e. The lowest BCUT2D eigenvalue weighted by Gasteiger charge is -2.14. The summed E-state index contributed by atoms with van der Waals surface area (Å²) in [6.45, 7) is 0.0695. The fraction of sp³-hybridized carbons (Fsp3) is 0.105. The van der Waals surface area contributed by atoms with E-state index in [1.165, 1.54) is 29.2 Å². The lowest BCUT2D eigenvalue weighted by molar-refractivity contribution is -0.122. The molecule has 144 valence electrons. The summed E-state index contributed by atoms with van der Waals surface area (Å²) in [6.07, 6.45) is 1.42. The SMILES string of the molecule is O=C(CCN1C(=O)C(=Cc2ccccc2F)SC1=S)Nc1ccc(F)c(Cl)c1. The van der Waals surface area contributed by atoms with E-state index in [-0.39, 0.29) is 35.4 Å². The minimum Gasteiger partial charge on any atom is -0.326 e. The minimum absolute atomic E-state index is 0.0194. The van der Waals surface area contributed by atoms with E-state index in [0.29, 0.717) is 14.9 Å². The van der Waals surface area contributed by atoms with Gasteiger partial charge in [0, 0.05) is 24.2 Å². The molecule has 2 aromatic rings. The van der Waals surface area contributed by atoms with Crippen molar-refractivity contribution in [1.82, 2.24) is 4.90 Å². The van der Waals surface area contributed by atoms with Crippen molar-refractivity contribution in [2.45, 2.75) is 6.42 Å². The summed E-state index contributed by atoms with van der Waals surface area (Å²) in [5, 5.41) is 2.48. The zero-order valence-corrected chi connectivity index (χ0v) is 16.6. The van der Waals surface area contributed by atoms with Gasteiger partial charge in [-0.2, -0.15) is 0 Å². The topological polar surface area (TPSA) is 49.4 Å². The van der Waals surface area contributed by atoms with Gasteiger partial charge in [0.2, 0.25) is 5.91 Å². The molecule has 9 heteroatoms. The molecule has 1 fully saturated rings. The molecular formula is C19H13ClF2N2O2S2. The van der Waals surface area contributed by atoms with Crippen LogP contribution < -0.4 is 5.32 Å². The molecule has 2 amide bonds. The van der Waals surface area contributed by atoms with Crippen LogP contribution in [-0.4, -0.2) is 27.6 Å². The Morgan fingerprint density at radius 2 is 1.96 bits per heavy atom. The molecule has 0 aliphatic carbocycles. The predicted molar refractivity (Wildman–Crippen MR) is 111 cm³/mol. The molecule has 0 atom stereocenters. The predicted octanol–water partition coefficient (Wildman–Crippen LogP) is 4.85. The van der Waals surface area contributed by atoms with Crippen LogP contribution in [0.3, 0.4) is 0 Å². The molecule has 0 spiro atoms. The fourth-order valence-electron chi connectivity index (χ4n) is 2.44. The summed E-state index contributed by atoms with van der Waals surface area (Å²) in [6, 6.07) is 9.92. The Hall–Kier alpha value is -2.29. The van der Waals surface area contributed by atoms with Gasteiger partial charge in [-0.25, -0.2) is 8.78 Å². The molecule has 28 heavy (non-hydrogen) atoms. The van der Waals surface area contributed by atoms with Crippen molar-refractivity contribution >= 4 is 63.5 Å². The van der Waals surface area contributed by atoms with Gasteiger partial charge >= 0.3 is 0 Å². The normalized spacial score (nSPS) is 15.4. The standard InChI is InChI=1S/C19H13ClF2N2O2S2/c20-13-10-12(5-6-15(13)22)23-17(25)7-8-24-18(26)16(28-19(24)27)9-11-3-1-2-4-14(11)21/h1-6,9-10H,7-8H2,(H,23,25). The number of thioether (sulfide) groups is 1. The summed E-state index contributed by atoms with van der Waals surface area (Å²) < 4.78 is 27.2. The van der Waals surface area contributed by atoms with E-state index in [1.54, 1.807) is 18.2 Å². The summed E-state index contributed by atoms with van der Waals surface area (Å²) in [4.78, 5) is 26.2. The number of nitrogens with one attached hydrogen (secondary N) is 1. The van der Waals surface area contributed by atoms with Gasteiger partial charge in [-0.05, 0) is 30.3 Å². The van der Waals surface area contributed by atoms with Crippen LogP contribution in [0, 0.1) is 11.6 Å². The van der Waals surface area contributed by atoms with Gasteiger partial charge in [0.05, 0.1) is 9.93 Å². The van der Waals surface area contributed by atoms with Gasteiger partial charge in [0.1, 0.15) is 16.0 Å². The molecule has 3 rings (SSSR count). The zero-order chi connectivity index (χ0) is 20.3. The molecule has 2 aromatic carbocycles. The number of rotatable bonds is 5. The molecular weight excluding hydrogens is 426 g/mol. The van der Waals surface area contributed by atoms with Crippen LogP contribution in [0.15, 0.2) is 47.4 Å². The monoisotopic (exact) mass is 438 g/mol. The van der Waals surface area contributed by atoms with Gasteiger partial charge in [-0.1, -0.05) is 53.8 Å².